The highest BCUT2D eigenvalue weighted by atomic mass is 16.5. The maximum absolute atomic E-state index is 12.8. The van der Waals surface area contributed by atoms with Gasteiger partial charge in [0.15, 0.2) is 0 Å². The Kier molecular flexibility index (Phi) is 5.97. The van der Waals surface area contributed by atoms with E-state index in [2.05, 4.69) is 0 Å². The zero-order chi connectivity index (χ0) is 21.0. The van der Waals surface area contributed by atoms with Crippen LogP contribution in [0.2, 0.25) is 0 Å². The van der Waals surface area contributed by atoms with Gasteiger partial charge in [-0.3, -0.25) is 14.4 Å². The van der Waals surface area contributed by atoms with Crippen LogP contribution in [0.15, 0.2) is 60.2 Å². The Bertz CT molecular complexity index is 966. The molecule has 0 radical (unpaired) electrons. The molecular weight excluding hydrogens is 374 g/mol. The first-order valence-corrected chi connectivity index (χ1v) is 9.13. The van der Waals surface area contributed by atoms with Crippen molar-refractivity contribution >= 4 is 23.4 Å². The number of carboxylic acids is 1. The summed E-state index contributed by atoms with van der Waals surface area (Å²) in [5, 5.41) is 19.8. The van der Waals surface area contributed by atoms with Gasteiger partial charge in [0.25, 0.3) is 11.7 Å². The summed E-state index contributed by atoms with van der Waals surface area (Å²) in [6, 6.07) is 14.6. The van der Waals surface area contributed by atoms with Crippen LogP contribution >= 0.6 is 0 Å². The minimum Gasteiger partial charge on any atom is -0.507 e. The zero-order valence-electron chi connectivity index (χ0n) is 15.9. The lowest BCUT2D eigenvalue weighted by molar-refractivity contribution is -0.140. The predicted molar refractivity (Wildman–Crippen MR) is 105 cm³/mol. The van der Waals surface area contributed by atoms with Gasteiger partial charge >= 0.3 is 5.97 Å². The SMILES string of the molecule is COc1cccc([C@H]2C(=C(O)c3ccccc3)C(=O)C(=O)N2CCCC(=O)O)c1. The summed E-state index contributed by atoms with van der Waals surface area (Å²) < 4.78 is 5.25. The molecule has 29 heavy (non-hydrogen) atoms. The van der Waals surface area contributed by atoms with E-state index >= 15 is 0 Å². The summed E-state index contributed by atoms with van der Waals surface area (Å²) in [7, 11) is 1.51. The first-order valence-electron chi connectivity index (χ1n) is 9.13. The lowest BCUT2D eigenvalue weighted by atomic mass is 9.95. The summed E-state index contributed by atoms with van der Waals surface area (Å²) in [6.07, 6.45) is 0.0563. The number of ether oxygens (including phenoxy) is 1. The quantitative estimate of drug-likeness (QED) is 0.424. The molecule has 1 fully saturated rings. The van der Waals surface area contributed by atoms with E-state index in [1.807, 2.05) is 0 Å². The second-order valence-electron chi connectivity index (χ2n) is 6.63. The molecule has 1 saturated heterocycles. The third-order valence-corrected chi connectivity index (χ3v) is 4.79. The van der Waals surface area contributed by atoms with E-state index < -0.39 is 23.7 Å². The van der Waals surface area contributed by atoms with Crippen molar-refractivity contribution < 1.29 is 29.3 Å². The van der Waals surface area contributed by atoms with Crippen LogP contribution in [0, 0.1) is 0 Å². The second-order valence-corrected chi connectivity index (χ2v) is 6.63. The fourth-order valence-corrected chi connectivity index (χ4v) is 3.42. The number of benzene rings is 2. The molecule has 1 amide bonds. The van der Waals surface area contributed by atoms with Gasteiger partial charge < -0.3 is 19.8 Å². The van der Waals surface area contributed by atoms with Crippen molar-refractivity contribution in [3.05, 3.63) is 71.3 Å². The number of likely N-dealkylation sites (tertiary alicyclic amines) is 1. The number of aliphatic carboxylic acids is 1. The number of ketones is 1. The minimum atomic E-state index is -0.983. The van der Waals surface area contributed by atoms with Gasteiger partial charge in [-0.05, 0) is 24.1 Å². The summed E-state index contributed by atoms with van der Waals surface area (Å²) in [5.74, 6) is -2.27. The van der Waals surface area contributed by atoms with Crippen LogP contribution in [0.5, 0.6) is 5.75 Å². The molecule has 1 aliphatic rings. The van der Waals surface area contributed by atoms with Crippen molar-refractivity contribution in [2.45, 2.75) is 18.9 Å². The summed E-state index contributed by atoms with van der Waals surface area (Å²) in [5.41, 5.74) is 0.991. The van der Waals surface area contributed by atoms with Gasteiger partial charge in [0, 0.05) is 18.5 Å². The summed E-state index contributed by atoms with van der Waals surface area (Å²) in [6.45, 7) is 0.0737. The molecule has 7 nitrogen and oxygen atoms in total. The number of hydrogen-bond acceptors (Lipinski definition) is 5. The fraction of sp³-hybridized carbons (Fsp3) is 0.227. The smallest absolute Gasteiger partial charge is 0.303 e. The predicted octanol–water partition coefficient (Wildman–Crippen LogP) is 2.98. The Morgan fingerprint density at radius 2 is 1.79 bits per heavy atom. The highest BCUT2D eigenvalue weighted by molar-refractivity contribution is 6.46. The summed E-state index contributed by atoms with van der Waals surface area (Å²) >= 11 is 0. The molecule has 1 atom stereocenters. The number of rotatable bonds is 7. The number of nitrogens with zero attached hydrogens (tertiary/aromatic N) is 1. The Balaban J connectivity index is 2.10. The molecule has 7 heteroatoms. The Morgan fingerprint density at radius 3 is 2.45 bits per heavy atom. The van der Waals surface area contributed by atoms with E-state index in [-0.39, 0.29) is 30.7 Å². The Hall–Kier alpha value is -3.61. The molecule has 0 aromatic heterocycles. The highest BCUT2D eigenvalue weighted by Gasteiger charge is 2.45. The molecule has 150 valence electrons. The standard InChI is InChI=1S/C22H21NO6/c1-29-16-10-5-9-15(13-16)19-18(20(26)14-7-3-2-4-8-14)21(27)22(28)23(19)12-6-11-17(24)25/h2-5,7-10,13,19,26H,6,11-12H2,1H3,(H,24,25)/t19-/m0/s1. The third-order valence-electron chi connectivity index (χ3n) is 4.79. The summed E-state index contributed by atoms with van der Waals surface area (Å²) in [4.78, 5) is 37.7. The zero-order valence-corrected chi connectivity index (χ0v) is 15.9. The number of hydrogen-bond donors (Lipinski definition) is 2. The van der Waals surface area contributed by atoms with Gasteiger partial charge in [0.2, 0.25) is 0 Å². The van der Waals surface area contributed by atoms with Crippen LogP contribution < -0.4 is 4.74 Å². The number of methoxy groups -OCH3 is 1. The van der Waals surface area contributed by atoms with Crippen LogP contribution in [0.3, 0.4) is 0 Å². The van der Waals surface area contributed by atoms with Crippen molar-refractivity contribution in [1.82, 2.24) is 4.90 Å². The molecule has 1 aliphatic heterocycles. The van der Waals surface area contributed by atoms with E-state index in [4.69, 9.17) is 9.84 Å². The maximum atomic E-state index is 12.8. The number of carboxylic acid groups (broad SMARTS) is 1. The van der Waals surface area contributed by atoms with Crippen LogP contribution in [0.4, 0.5) is 0 Å². The van der Waals surface area contributed by atoms with Crippen molar-refractivity contribution in [1.29, 1.82) is 0 Å². The average molecular weight is 395 g/mol. The van der Waals surface area contributed by atoms with E-state index in [9.17, 15) is 19.5 Å². The van der Waals surface area contributed by atoms with Crippen LogP contribution in [-0.2, 0) is 14.4 Å². The van der Waals surface area contributed by atoms with Gasteiger partial charge in [-0.15, -0.1) is 0 Å². The van der Waals surface area contributed by atoms with Crippen molar-refractivity contribution in [2.75, 3.05) is 13.7 Å². The fourth-order valence-electron chi connectivity index (χ4n) is 3.42. The average Bonchev–Trinajstić information content (AvgIpc) is 2.98. The van der Waals surface area contributed by atoms with Crippen LogP contribution in [0.25, 0.3) is 5.76 Å². The first-order chi connectivity index (χ1) is 13.9. The highest BCUT2D eigenvalue weighted by Crippen LogP contribution is 2.40. The van der Waals surface area contributed by atoms with Gasteiger partial charge in [0.1, 0.15) is 11.5 Å². The molecule has 2 aromatic rings. The van der Waals surface area contributed by atoms with Crippen LogP contribution in [0.1, 0.15) is 30.0 Å². The number of carbonyl (C=O) groups excluding carboxylic acids is 2. The molecule has 2 aromatic carbocycles. The second kappa shape index (κ2) is 8.60. The van der Waals surface area contributed by atoms with E-state index in [1.54, 1.807) is 54.6 Å². The van der Waals surface area contributed by atoms with Crippen molar-refractivity contribution in [3.8, 4) is 5.75 Å². The molecular formula is C22H21NO6. The van der Waals surface area contributed by atoms with E-state index in [1.165, 1.54) is 12.0 Å². The Morgan fingerprint density at radius 1 is 1.07 bits per heavy atom. The molecule has 3 rings (SSSR count). The molecule has 0 spiro atoms. The number of Topliss-reactive ketones (excluding diaryl/α,β-unsaturated/α-hetero) is 1. The lowest BCUT2D eigenvalue weighted by Crippen LogP contribution is -2.31. The monoisotopic (exact) mass is 395 g/mol. The lowest BCUT2D eigenvalue weighted by Gasteiger charge is -2.25. The van der Waals surface area contributed by atoms with Gasteiger partial charge in [-0.2, -0.15) is 0 Å². The van der Waals surface area contributed by atoms with Gasteiger partial charge in [-0.1, -0.05) is 42.5 Å². The van der Waals surface area contributed by atoms with Crippen LogP contribution in [-0.4, -0.2) is 46.4 Å². The number of amides is 1. The molecule has 0 saturated carbocycles. The molecule has 0 bridgehead atoms. The molecule has 0 aliphatic carbocycles. The minimum absolute atomic E-state index is 0.0234. The largest absolute Gasteiger partial charge is 0.507 e. The number of carbonyl (C=O) groups is 3. The topological polar surface area (TPSA) is 104 Å². The Labute approximate surface area is 167 Å². The number of aliphatic hydroxyl groups is 1. The van der Waals surface area contributed by atoms with Crippen molar-refractivity contribution in [3.63, 3.8) is 0 Å². The normalized spacial score (nSPS) is 18.1. The molecule has 2 N–H and O–H groups in total. The van der Waals surface area contributed by atoms with Gasteiger partial charge in [-0.25, -0.2) is 0 Å². The van der Waals surface area contributed by atoms with E-state index in [0.29, 0.717) is 16.9 Å². The molecule has 1 heterocycles. The van der Waals surface area contributed by atoms with Gasteiger partial charge in [0.05, 0.1) is 18.7 Å². The van der Waals surface area contributed by atoms with E-state index in [0.717, 1.165) is 0 Å². The number of aliphatic hydroxyl groups excluding tert-OH is 1. The third kappa shape index (κ3) is 4.13. The van der Waals surface area contributed by atoms with Crippen molar-refractivity contribution in [2.24, 2.45) is 0 Å². The molecule has 0 unspecified atom stereocenters. The maximum Gasteiger partial charge on any atom is 0.303 e. The first kappa shape index (κ1) is 20.1.